The number of nitrogens with zero attached hydrogens (tertiary/aromatic N) is 8. The predicted molar refractivity (Wildman–Crippen MR) is 357 cm³/mol. The Hall–Kier alpha value is -12.0. The van der Waals surface area contributed by atoms with Gasteiger partial charge in [-0.15, -0.1) is 22.1 Å². The Kier molecular flexibility index (Phi) is 12.2. The van der Waals surface area contributed by atoms with Gasteiger partial charge in [-0.25, -0.2) is 19.7 Å². The zero-order valence-corrected chi connectivity index (χ0v) is 49.3. The van der Waals surface area contributed by atoms with Gasteiger partial charge in [0.25, 0.3) is 0 Å². The Labute approximate surface area is 524 Å². The third-order valence-electron chi connectivity index (χ3n) is 17.5. The van der Waals surface area contributed by atoms with Crippen LogP contribution >= 0.6 is 0 Å². The summed E-state index contributed by atoms with van der Waals surface area (Å²) in [6, 6.07) is 87.1. The van der Waals surface area contributed by atoms with Crippen LogP contribution in [-0.2, 0) is 21.1 Å². The Morgan fingerprint density at radius 3 is 0.753 bits per heavy atom. The number of nitriles is 2. The second kappa shape index (κ2) is 20.6. The van der Waals surface area contributed by atoms with Crippen LogP contribution < -0.4 is 9.97 Å². The van der Waals surface area contributed by atoms with E-state index in [9.17, 15) is 10.5 Å². The smallest absolute Gasteiger partial charge is 0.656 e. The van der Waals surface area contributed by atoms with Crippen molar-refractivity contribution >= 4 is 98.1 Å². The summed E-state index contributed by atoms with van der Waals surface area (Å²) in [6.45, 7) is 16.2. The molecule has 1 aliphatic carbocycles. The summed E-state index contributed by atoms with van der Waals surface area (Å²) < 4.78 is 0. The normalized spacial score (nSPS) is 11.5. The van der Waals surface area contributed by atoms with Crippen LogP contribution in [0.2, 0.25) is 0 Å². The van der Waals surface area contributed by atoms with Gasteiger partial charge >= 0.3 is 21.1 Å². The zero-order valence-electron chi connectivity index (χ0n) is 47.0. The molecule has 17 rings (SSSR count). The monoisotopic (exact) mass is 1310 g/mol. The molecule has 0 amide bonds. The Morgan fingerprint density at radius 1 is 0.303 bits per heavy atom. The topological polar surface area (TPSA) is 110 Å². The standard InChI is InChI=1S/C80H40N8.Pt/c1-83-59-31-27-49(28-32-59)71-77-65-39-55-15-7-5-13-53(55)37-63(65)75(86-77)69(47-23-19-45(43-81)20-24-47)73-61-35-51-11-3-4-12-52(51)36-62(61)74(85-73)70(48-25-21-46(44-82)22-26-48)76-64-38-54-14-6-8-16-56(54)40-66(64)78(87-76)72(50-29-33-60(84-2)34-30-50)80-68-42-58-18-10-9-17-57(58)41-67(68)79(71)88-80;/h3-42H;/q-2;+2. The first kappa shape index (κ1) is 52.5. The van der Waals surface area contributed by atoms with Crippen LogP contribution in [0.5, 0.6) is 0 Å². The van der Waals surface area contributed by atoms with Gasteiger partial charge in [0.05, 0.1) is 59.2 Å². The number of aromatic nitrogens is 4. The molecule has 14 aromatic rings. The molecule has 4 heterocycles. The summed E-state index contributed by atoms with van der Waals surface area (Å²) in [7, 11) is 0. The van der Waals surface area contributed by atoms with Crippen molar-refractivity contribution in [2.24, 2.45) is 0 Å². The third kappa shape index (κ3) is 8.29. The van der Waals surface area contributed by atoms with Crippen molar-refractivity contribution in [3.05, 3.63) is 277 Å². The molecule has 2 aliphatic heterocycles. The minimum Gasteiger partial charge on any atom is -0.656 e. The molecule has 0 saturated heterocycles. The van der Waals surface area contributed by atoms with Gasteiger partial charge in [-0.3, -0.25) is 0 Å². The van der Waals surface area contributed by atoms with Gasteiger partial charge in [0.2, 0.25) is 0 Å². The van der Waals surface area contributed by atoms with Gasteiger partial charge in [-0.2, -0.15) is 10.5 Å². The maximum atomic E-state index is 10.3. The summed E-state index contributed by atoms with van der Waals surface area (Å²) in [6.07, 6.45) is 0. The molecular weight excluding hydrogens is 1270 g/mol. The summed E-state index contributed by atoms with van der Waals surface area (Å²) in [5.41, 5.74) is 17.3. The van der Waals surface area contributed by atoms with Crippen LogP contribution in [0.3, 0.4) is 0 Å². The molecule has 0 atom stereocenters. The van der Waals surface area contributed by atoms with Gasteiger partial charge in [0.1, 0.15) is 0 Å². The summed E-state index contributed by atoms with van der Waals surface area (Å²) in [5.74, 6) is 0. The van der Waals surface area contributed by atoms with Crippen molar-refractivity contribution in [2.75, 3.05) is 0 Å². The number of benzene rings is 12. The van der Waals surface area contributed by atoms with E-state index in [1.54, 1.807) is 0 Å². The second-order valence-electron chi connectivity index (χ2n) is 22.4. The van der Waals surface area contributed by atoms with Crippen molar-refractivity contribution in [1.29, 1.82) is 10.5 Å². The summed E-state index contributed by atoms with van der Waals surface area (Å²) >= 11 is 0. The Morgan fingerprint density at radius 2 is 0.528 bits per heavy atom. The first-order chi connectivity index (χ1) is 43.4. The van der Waals surface area contributed by atoms with E-state index >= 15 is 0 Å². The van der Waals surface area contributed by atoms with Gasteiger partial charge in [-0.05, 0) is 182 Å². The van der Waals surface area contributed by atoms with Crippen molar-refractivity contribution in [3.63, 3.8) is 0 Å². The van der Waals surface area contributed by atoms with Crippen molar-refractivity contribution in [2.45, 2.75) is 0 Å². The number of hydrogen-bond acceptors (Lipinski definition) is 4. The molecule has 89 heavy (non-hydrogen) atoms. The molecule has 0 radical (unpaired) electrons. The molecule has 3 aliphatic rings. The third-order valence-corrected chi connectivity index (χ3v) is 17.5. The molecule has 0 saturated carbocycles. The fourth-order valence-electron chi connectivity index (χ4n) is 13.4. The predicted octanol–water partition coefficient (Wildman–Crippen LogP) is 20.7. The fourth-order valence-corrected chi connectivity index (χ4v) is 13.4. The zero-order chi connectivity index (χ0) is 58.7. The van der Waals surface area contributed by atoms with E-state index < -0.39 is 0 Å². The van der Waals surface area contributed by atoms with Gasteiger partial charge in [-0.1, -0.05) is 170 Å². The van der Waals surface area contributed by atoms with Crippen LogP contribution in [0.15, 0.2) is 243 Å². The largest absolute Gasteiger partial charge is 2.00 e. The van der Waals surface area contributed by atoms with E-state index in [4.69, 9.17) is 33.1 Å². The fraction of sp³-hybridized carbons (Fsp3) is 0. The minimum atomic E-state index is 0. The summed E-state index contributed by atoms with van der Waals surface area (Å²) in [5, 5.41) is 32.4. The number of rotatable bonds is 4. The quantitative estimate of drug-likeness (QED) is 0.162. The van der Waals surface area contributed by atoms with Crippen LogP contribution in [0.4, 0.5) is 11.4 Å². The van der Waals surface area contributed by atoms with Crippen LogP contribution in [0, 0.1) is 35.8 Å². The SMILES string of the molecule is [C-]#[N+]c1ccc(-c2c3nc(c(-c4ccc(C#N)cc4)c4[n-]c(c(-c5ccc(C#N)cc5)c5nc(c(-c6ccc([N+]#[C-])cc6)c6[n-]c2c2cc7ccccc7cc62)-c2cc6ccccc6cc2-5)c2cc5ccccc5cc42)-c2cc4ccccc4cc2-3)cc1.[Pt+2]. The number of fused-ring (bicyclic) bond motifs is 4. The van der Waals surface area contributed by atoms with E-state index in [1.165, 1.54) is 0 Å². The molecule has 2 aromatic heterocycles. The molecule has 8 bridgehead atoms. The van der Waals surface area contributed by atoms with E-state index in [2.05, 4.69) is 167 Å². The Bertz CT molecular complexity index is 5230. The maximum absolute atomic E-state index is 10.3. The van der Waals surface area contributed by atoms with E-state index in [1.807, 2.05) is 97.1 Å². The van der Waals surface area contributed by atoms with Crippen molar-refractivity contribution < 1.29 is 21.1 Å². The van der Waals surface area contributed by atoms with Crippen LogP contribution in [-0.4, -0.2) is 9.97 Å². The second-order valence-corrected chi connectivity index (χ2v) is 22.4. The van der Waals surface area contributed by atoms with Crippen molar-refractivity contribution in [1.82, 2.24) is 19.9 Å². The molecule has 410 valence electrons. The molecule has 0 fully saturated rings. The number of hydrogen-bond donors (Lipinski definition) is 0. The molecule has 0 N–H and O–H groups in total. The van der Waals surface area contributed by atoms with E-state index in [0.29, 0.717) is 67.3 Å². The molecule has 0 unspecified atom stereocenters. The molecule has 9 heteroatoms. The van der Waals surface area contributed by atoms with Crippen molar-refractivity contribution in [3.8, 4) is 102 Å². The Balaban J connectivity index is 0.00000636. The summed E-state index contributed by atoms with van der Waals surface area (Å²) in [4.78, 5) is 32.0. The average molecular weight is 1310 g/mol. The van der Waals surface area contributed by atoms with Crippen LogP contribution in [0.1, 0.15) is 11.1 Å². The van der Waals surface area contributed by atoms with Gasteiger partial charge in [0.15, 0.2) is 11.4 Å². The molecule has 12 aromatic carbocycles. The van der Waals surface area contributed by atoms with E-state index in [-0.39, 0.29) is 21.1 Å². The van der Waals surface area contributed by atoms with E-state index in [0.717, 1.165) is 131 Å². The molecule has 8 nitrogen and oxygen atoms in total. The molecular formula is C80H40N8Pt. The first-order valence-electron chi connectivity index (χ1n) is 28.8. The van der Waals surface area contributed by atoms with Gasteiger partial charge < -0.3 is 9.97 Å². The first-order valence-corrected chi connectivity index (χ1v) is 28.8. The van der Waals surface area contributed by atoms with Gasteiger partial charge in [0, 0.05) is 22.3 Å². The molecule has 0 spiro atoms. The maximum Gasteiger partial charge on any atom is 2.00 e. The average Bonchev–Trinajstić information content (AvgIpc) is 1.63. The minimum absolute atomic E-state index is 0. The van der Waals surface area contributed by atoms with Crippen LogP contribution in [0.25, 0.3) is 186 Å².